The number of amides is 1. The number of alkyl halides is 3. The van der Waals surface area contributed by atoms with Gasteiger partial charge in [-0.1, -0.05) is 40.9 Å². The van der Waals surface area contributed by atoms with Gasteiger partial charge in [0, 0.05) is 17.0 Å². The Labute approximate surface area is 187 Å². The molecule has 5 nitrogen and oxygen atoms in total. The van der Waals surface area contributed by atoms with E-state index in [0.29, 0.717) is 10.7 Å². The third kappa shape index (κ3) is 3.99. The number of hydrogen-bond acceptors (Lipinski definition) is 4. The summed E-state index contributed by atoms with van der Waals surface area (Å²) in [5.41, 5.74) is -0.0282. The van der Waals surface area contributed by atoms with Crippen molar-refractivity contribution >= 4 is 63.6 Å². The van der Waals surface area contributed by atoms with E-state index in [4.69, 9.17) is 34.8 Å². The Morgan fingerprint density at radius 1 is 1.23 bits per heavy atom. The molecule has 1 aromatic carbocycles. The fourth-order valence-electron chi connectivity index (χ4n) is 3.17. The van der Waals surface area contributed by atoms with Gasteiger partial charge in [0.25, 0.3) is 5.91 Å². The zero-order valence-electron chi connectivity index (χ0n) is 14.8. The topological polar surface area (TPSA) is 59.0 Å². The average molecular weight is 496 g/mol. The minimum absolute atomic E-state index is 0.0528. The van der Waals surface area contributed by atoms with Crippen LogP contribution in [-0.2, 0) is 0 Å². The summed E-state index contributed by atoms with van der Waals surface area (Å²) >= 11 is 19.4. The molecule has 2 atom stereocenters. The smallest absolute Gasteiger partial charge is 0.361 e. The van der Waals surface area contributed by atoms with Crippen LogP contribution in [0.2, 0.25) is 15.1 Å². The van der Waals surface area contributed by atoms with Crippen molar-refractivity contribution in [1.29, 1.82) is 0 Å². The van der Waals surface area contributed by atoms with Crippen molar-refractivity contribution in [3.63, 3.8) is 0 Å². The summed E-state index contributed by atoms with van der Waals surface area (Å²) in [7, 11) is 0. The van der Waals surface area contributed by atoms with Crippen molar-refractivity contribution in [1.82, 2.24) is 9.78 Å². The molecule has 30 heavy (non-hydrogen) atoms. The molecular formula is C18H12Cl3F3N4OS. The number of nitrogens with one attached hydrogen (secondary N) is 2. The van der Waals surface area contributed by atoms with Gasteiger partial charge in [-0.2, -0.15) is 18.3 Å². The van der Waals surface area contributed by atoms with Gasteiger partial charge < -0.3 is 10.6 Å². The third-order valence-electron chi connectivity index (χ3n) is 4.57. The van der Waals surface area contributed by atoms with E-state index in [1.165, 1.54) is 29.5 Å². The Morgan fingerprint density at radius 2 is 2.00 bits per heavy atom. The van der Waals surface area contributed by atoms with Crippen LogP contribution in [0.5, 0.6) is 0 Å². The summed E-state index contributed by atoms with van der Waals surface area (Å²) in [6, 6.07) is 5.36. The lowest BCUT2D eigenvalue weighted by Gasteiger charge is -2.32. The molecule has 0 aliphatic carbocycles. The highest BCUT2D eigenvalue weighted by molar-refractivity contribution is 7.10. The van der Waals surface area contributed by atoms with E-state index in [0.717, 1.165) is 9.56 Å². The van der Waals surface area contributed by atoms with Crippen LogP contribution in [0.1, 0.15) is 33.9 Å². The van der Waals surface area contributed by atoms with Gasteiger partial charge >= 0.3 is 6.18 Å². The number of fused-ring (bicyclic) bond motifs is 1. The summed E-state index contributed by atoms with van der Waals surface area (Å²) in [6.45, 7) is 0. The molecule has 158 valence electrons. The summed E-state index contributed by atoms with van der Waals surface area (Å²) in [5.74, 6) is -0.821. The number of hydrogen-bond donors (Lipinski definition) is 2. The summed E-state index contributed by atoms with van der Waals surface area (Å²) in [5, 5.41) is 11.5. The minimum Gasteiger partial charge on any atom is -0.361 e. The molecule has 0 bridgehead atoms. The summed E-state index contributed by atoms with van der Waals surface area (Å²) < 4.78 is 42.0. The van der Waals surface area contributed by atoms with E-state index in [2.05, 4.69) is 15.7 Å². The van der Waals surface area contributed by atoms with Crippen molar-refractivity contribution in [2.75, 3.05) is 10.6 Å². The number of carbonyl (C=O) groups excluding carboxylic acids is 1. The quantitative estimate of drug-likeness (QED) is 0.419. The Balaban J connectivity index is 1.69. The maximum Gasteiger partial charge on any atom is 0.410 e. The highest BCUT2D eigenvalue weighted by Gasteiger charge is 2.48. The Kier molecular flexibility index (Phi) is 5.65. The van der Waals surface area contributed by atoms with Crippen LogP contribution in [0.25, 0.3) is 0 Å². The molecule has 12 heteroatoms. The van der Waals surface area contributed by atoms with Gasteiger partial charge in [-0.05, 0) is 29.6 Å². The van der Waals surface area contributed by atoms with Gasteiger partial charge in [-0.25, -0.2) is 4.68 Å². The lowest BCUT2D eigenvalue weighted by atomic mass is 10.0. The Bertz CT molecular complexity index is 1100. The van der Waals surface area contributed by atoms with E-state index in [1.54, 1.807) is 17.5 Å². The van der Waals surface area contributed by atoms with Crippen LogP contribution < -0.4 is 10.6 Å². The predicted octanol–water partition coefficient (Wildman–Crippen LogP) is 6.82. The van der Waals surface area contributed by atoms with Gasteiger partial charge in [0.1, 0.15) is 10.8 Å². The molecule has 2 N–H and O–H groups in total. The maximum absolute atomic E-state index is 13.8. The van der Waals surface area contributed by atoms with Crippen LogP contribution in [-0.4, -0.2) is 21.9 Å². The van der Waals surface area contributed by atoms with Crippen molar-refractivity contribution in [3.8, 4) is 0 Å². The molecule has 0 saturated heterocycles. The van der Waals surface area contributed by atoms with Gasteiger partial charge in [-0.15, -0.1) is 11.3 Å². The molecule has 0 unspecified atom stereocenters. The van der Waals surface area contributed by atoms with Gasteiger partial charge in [-0.3, -0.25) is 4.79 Å². The predicted molar refractivity (Wildman–Crippen MR) is 112 cm³/mol. The van der Waals surface area contributed by atoms with Crippen molar-refractivity contribution in [2.24, 2.45) is 0 Å². The molecule has 1 aliphatic rings. The van der Waals surface area contributed by atoms with Crippen LogP contribution in [0.3, 0.4) is 0 Å². The van der Waals surface area contributed by atoms with Crippen molar-refractivity contribution in [3.05, 3.63) is 61.4 Å². The largest absolute Gasteiger partial charge is 0.410 e. The highest BCUT2D eigenvalue weighted by atomic mass is 35.5. The Hall–Kier alpha value is -1.94. The number of anilines is 2. The molecule has 2 aromatic heterocycles. The van der Waals surface area contributed by atoms with Crippen LogP contribution >= 0.6 is 46.1 Å². The normalized spacial score (nSPS) is 18.6. The minimum atomic E-state index is -4.57. The number of thiophene rings is 1. The summed E-state index contributed by atoms with van der Waals surface area (Å²) in [6.07, 6.45) is -4.85. The number of carbonyl (C=O) groups is 1. The lowest BCUT2D eigenvalue weighted by Crippen LogP contribution is -2.35. The van der Waals surface area contributed by atoms with Crippen molar-refractivity contribution in [2.45, 2.75) is 24.7 Å². The average Bonchev–Trinajstić information content (AvgIpc) is 3.32. The monoisotopic (exact) mass is 494 g/mol. The molecule has 0 radical (unpaired) electrons. The molecule has 0 fully saturated rings. The highest BCUT2D eigenvalue weighted by Crippen LogP contribution is 2.46. The maximum atomic E-state index is 13.8. The second kappa shape index (κ2) is 7.96. The van der Waals surface area contributed by atoms with Gasteiger partial charge in [0.15, 0.2) is 11.7 Å². The fourth-order valence-corrected chi connectivity index (χ4v) is 4.53. The second-order valence-electron chi connectivity index (χ2n) is 6.54. The second-order valence-corrected chi connectivity index (χ2v) is 8.72. The van der Waals surface area contributed by atoms with E-state index in [1.807, 2.05) is 0 Å². The number of aromatic nitrogens is 2. The SMILES string of the molecule is O=C(Nc1ccc(Cl)c(Cl)c1)c1nn2c(c1Cl)N[C@@H](c1cccs1)C[C@H]2C(F)(F)F. The number of benzene rings is 1. The van der Waals surface area contributed by atoms with Crippen LogP contribution in [0.15, 0.2) is 35.7 Å². The first-order chi connectivity index (χ1) is 14.1. The number of nitrogens with zero attached hydrogens (tertiary/aromatic N) is 2. The van der Waals surface area contributed by atoms with Crippen LogP contribution in [0, 0.1) is 0 Å². The fraction of sp³-hybridized carbons (Fsp3) is 0.222. The van der Waals surface area contributed by atoms with Crippen molar-refractivity contribution < 1.29 is 18.0 Å². The molecule has 3 heterocycles. The Morgan fingerprint density at radius 3 is 2.63 bits per heavy atom. The first-order valence-corrected chi connectivity index (χ1v) is 10.6. The van der Waals surface area contributed by atoms with E-state index in [9.17, 15) is 18.0 Å². The standard InChI is InChI=1S/C18H12Cl3F3N4OS/c19-9-4-3-8(6-10(9)20)25-17(29)15-14(21)16-26-11(12-2-1-5-30-12)7-13(18(22,23)24)28(16)27-15/h1-6,11,13,26H,7H2,(H,25,29)/t11-,13+/m1/s1. The number of halogens is 6. The van der Waals surface area contributed by atoms with E-state index >= 15 is 0 Å². The van der Waals surface area contributed by atoms with Crippen LogP contribution in [0.4, 0.5) is 24.7 Å². The molecule has 0 saturated carbocycles. The molecule has 4 rings (SSSR count). The third-order valence-corrected chi connectivity index (χ3v) is 6.66. The molecule has 1 aliphatic heterocycles. The van der Waals surface area contributed by atoms with E-state index in [-0.39, 0.29) is 28.0 Å². The van der Waals surface area contributed by atoms with E-state index < -0.39 is 24.2 Å². The van der Waals surface area contributed by atoms with Gasteiger partial charge in [0.2, 0.25) is 0 Å². The first-order valence-electron chi connectivity index (χ1n) is 8.56. The zero-order valence-corrected chi connectivity index (χ0v) is 17.9. The molecule has 3 aromatic rings. The number of rotatable bonds is 3. The molecule has 1 amide bonds. The molecule has 0 spiro atoms. The molecular weight excluding hydrogens is 484 g/mol. The lowest BCUT2D eigenvalue weighted by molar-refractivity contribution is -0.173. The first kappa shape index (κ1) is 21.3. The zero-order chi connectivity index (χ0) is 21.6. The van der Waals surface area contributed by atoms with Gasteiger partial charge in [0.05, 0.1) is 16.1 Å². The summed E-state index contributed by atoms with van der Waals surface area (Å²) in [4.78, 5) is 13.4.